The average Bonchev–Trinajstić information content (AvgIpc) is 3.43. The number of thioether (sulfide) groups is 1. The first-order valence-corrected chi connectivity index (χ1v) is 9.82. The van der Waals surface area contributed by atoms with Crippen LogP contribution in [0.5, 0.6) is 0 Å². The van der Waals surface area contributed by atoms with Gasteiger partial charge in [0.05, 0.1) is 10.8 Å². The van der Waals surface area contributed by atoms with Gasteiger partial charge in [-0.15, -0.1) is 11.8 Å². The molecule has 2 aromatic rings. The van der Waals surface area contributed by atoms with Crippen molar-refractivity contribution in [3.05, 3.63) is 65.7 Å². The summed E-state index contributed by atoms with van der Waals surface area (Å²) in [6, 6.07) is 19.0. The Kier molecular flexibility index (Phi) is 4.57. The van der Waals surface area contributed by atoms with E-state index in [1.54, 1.807) is 11.8 Å². The highest BCUT2D eigenvalue weighted by molar-refractivity contribution is 8.01. The molecule has 3 nitrogen and oxygen atoms in total. The number of aryl methyl sites for hydroxylation is 1. The van der Waals surface area contributed by atoms with Crippen LogP contribution in [0.25, 0.3) is 0 Å². The second kappa shape index (κ2) is 6.85. The van der Waals surface area contributed by atoms with Gasteiger partial charge >= 0.3 is 0 Å². The van der Waals surface area contributed by atoms with E-state index in [2.05, 4.69) is 53.5 Å². The standard InChI is InChI=1S/C21H24N2OS/c1-16-7-5-6-10-18(16)19-15-23(14-13-22-19)20(24)21(11-12-21)25-17-8-3-2-4-9-17/h2-10,19,22H,11-15H2,1H3. The van der Waals surface area contributed by atoms with Crippen LogP contribution in [0.2, 0.25) is 0 Å². The van der Waals surface area contributed by atoms with Crippen LogP contribution < -0.4 is 5.32 Å². The molecule has 1 aliphatic heterocycles. The summed E-state index contributed by atoms with van der Waals surface area (Å²) in [6.45, 7) is 4.57. The summed E-state index contributed by atoms with van der Waals surface area (Å²) in [5, 5.41) is 3.58. The number of piperazine rings is 1. The van der Waals surface area contributed by atoms with Crippen molar-refractivity contribution in [2.24, 2.45) is 0 Å². The zero-order chi connectivity index (χ0) is 17.3. The molecule has 4 rings (SSSR count). The van der Waals surface area contributed by atoms with Crippen molar-refractivity contribution in [3.8, 4) is 0 Å². The minimum Gasteiger partial charge on any atom is -0.338 e. The maximum atomic E-state index is 13.2. The third kappa shape index (κ3) is 3.46. The predicted molar refractivity (Wildman–Crippen MR) is 103 cm³/mol. The summed E-state index contributed by atoms with van der Waals surface area (Å²) in [7, 11) is 0. The molecule has 25 heavy (non-hydrogen) atoms. The molecule has 0 aromatic heterocycles. The second-order valence-electron chi connectivity index (χ2n) is 7.02. The highest BCUT2D eigenvalue weighted by Crippen LogP contribution is 2.53. The Balaban J connectivity index is 1.48. The minimum atomic E-state index is -0.227. The fraction of sp³-hybridized carbons (Fsp3) is 0.381. The van der Waals surface area contributed by atoms with E-state index in [4.69, 9.17) is 0 Å². The topological polar surface area (TPSA) is 32.3 Å². The van der Waals surface area contributed by atoms with Gasteiger partial charge in [-0.05, 0) is 43.0 Å². The molecule has 4 heteroatoms. The van der Waals surface area contributed by atoms with Crippen molar-refractivity contribution in [3.63, 3.8) is 0 Å². The van der Waals surface area contributed by atoms with Gasteiger partial charge in [-0.25, -0.2) is 0 Å². The number of hydrogen-bond donors (Lipinski definition) is 1. The lowest BCUT2D eigenvalue weighted by atomic mass is 9.99. The molecule has 1 unspecified atom stereocenters. The first-order valence-electron chi connectivity index (χ1n) is 9.00. The summed E-state index contributed by atoms with van der Waals surface area (Å²) in [5.41, 5.74) is 2.59. The van der Waals surface area contributed by atoms with Gasteiger partial charge in [0.25, 0.3) is 0 Å². The van der Waals surface area contributed by atoms with Gasteiger partial charge in [-0.3, -0.25) is 4.79 Å². The monoisotopic (exact) mass is 352 g/mol. The maximum Gasteiger partial charge on any atom is 0.239 e. The van der Waals surface area contributed by atoms with Crippen molar-refractivity contribution >= 4 is 17.7 Å². The average molecular weight is 353 g/mol. The quantitative estimate of drug-likeness (QED) is 0.908. The van der Waals surface area contributed by atoms with E-state index in [9.17, 15) is 4.79 Å². The normalized spacial score (nSPS) is 21.8. The zero-order valence-electron chi connectivity index (χ0n) is 14.6. The molecule has 2 fully saturated rings. The maximum absolute atomic E-state index is 13.2. The Morgan fingerprint density at radius 3 is 2.56 bits per heavy atom. The number of carbonyl (C=O) groups is 1. The smallest absolute Gasteiger partial charge is 0.239 e. The third-order valence-electron chi connectivity index (χ3n) is 5.18. The first kappa shape index (κ1) is 16.7. The molecule has 1 heterocycles. The van der Waals surface area contributed by atoms with Crippen molar-refractivity contribution in [1.82, 2.24) is 10.2 Å². The number of carbonyl (C=O) groups excluding carboxylic acids is 1. The van der Waals surface area contributed by atoms with Crippen LogP contribution in [0.15, 0.2) is 59.5 Å². The van der Waals surface area contributed by atoms with E-state index in [0.29, 0.717) is 5.91 Å². The minimum absolute atomic E-state index is 0.227. The van der Waals surface area contributed by atoms with Crippen LogP contribution >= 0.6 is 11.8 Å². The molecule has 130 valence electrons. The van der Waals surface area contributed by atoms with Crippen LogP contribution in [0.1, 0.15) is 30.0 Å². The summed E-state index contributed by atoms with van der Waals surface area (Å²) in [4.78, 5) is 16.5. The number of nitrogens with zero attached hydrogens (tertiary/aromatic N) is 1. The van der Waals surface area contributed by atoms with Crippen molar-refractivity contribution in [2.75, 3.05) is 19.6 Å². The SMILES string of the molecule is Cc1ccccc1C1CN(C(=O)C2(Sc3ccccc3)CC2)CCN1. The van der Waals surface area contributed by atoms with E-state index in [1.807, 2.05) is 18.2 Å². The summed E-state index contributed by atoms with van der Waals surface area (Å²) in [5.74, 6) is 0.321. The Morgan fingerprint density at radius 2 is 1.84 bits per heavy atom. The lowest BCUT2D eigenvalue weighted by molar-refractivity contribution is -0.132. The van der Waals surface area contributed by atoms with Gasteiger partial charge in [0.15, 0.2) is 0 Å². The second-order valence-corrected chi connectivity index (χ2v) is 8.48. The molecule has 0 spiro atoms. The molecule has 1 N–H and O–H groups in total. The van der Waals surface area contributed by atoms with E-state index in [0.717, 1.165) is 32.5 Å². The Labute approximate surface area is 153 Å². The van der Waals surface area contributed by atoms with Crippen LogP contribution in [0.4, 0.5) is 0 Å². The lowest BCUT2D eigenvalue weighted by Crippen LogP contribution is -2.51. The molecule has 1 aliphatic carbocycles. The molecule has 2 aliphatic rings. The lowest BCUT2D eigenvalue weighted by Gasteiger charge is -2.36. The Hall–Kier alpha value is -1.78. The van der Waals surface area contributed by atoms with E-state index in [-0.39, 0.29) is 10.8 Å². The van der Waals surface area contributed by atoms with Gasteiger partial charge in [0.1, 0.15) is 0 Å². The summed E-state index contributed by atoms with van der Waals surface area (Å²) >= 11 is 1.75. The van der Waals surface area contributed by atoms with Gasteiger partial charge in [-0.1, -0.05) is 42.5 Å². The largest absolute Gasteiger partial charge is 0.338 e. The van der Waals surface area contributed by atoms with Crippen molar-refractivity contribution in [2.45, 2.75) is 35.4 Å². The van der Waals surface area contributed by atoms with E-state index in [1.165, 1.54) is 16.0 Å². The van der Waals surface area contributed by atoms with Gasteiger partial charge < -0.3 is 10.2 Å². The summed E-state index contributed by atoms with van der Waals surface area (Å²) < 4.78 is -0.227. The molecule has 1 atom stereocenters. The molecular formula is C21H24N2OS. The van der Waals surface area contributed by atoms with Crippen molar-refractivity contribution in [1.29, 1.82) is 0 Å². The Bertz CT molecular complexity index is 758. The molecule has 1 saturated carbocycles. The fourth-order valence-electron chi connectivity index (χ4n) is 3.60. The number of hydrogen-bond acceptors (Lipinski definition) is 3. The Morgan fingerprint density at radius 1 is 1.12 bits per heavy atom. The van der Waals surface area contributed by atoms with Crippen LogP contribution in [0, 0.1) is 6.92 Å². The van der Waals surface area contributed by atoms with Gasteiger partial charge in [0.2, 0.25) is 5.91 Å². The molecule has 1 saturated heterocycles. The fourth-order valence-corrected chi connectivity index (χ4v) is 4.86. The molecule has 2 aromatic carbocycles. The first-order chi connectivity index (χ1) is 12.2. The molecule has 0 radical (unpaired) electrons. The van der Waals surface area contributed by atoms with Gasteiger partial charge in [-0.2, -0.15) is 0 Å². The van der Waals surface area contributed by atoms with E-state index >= 15 is 0 Å². The van der Waals surface area contributed by atoms with Crippen LogP contribution in [-0.2, 0) is 4.79 Å². The summed E-state index contributed by atoms with van der Waals surface area (Å²) in [6.07, 6.45) is 1.98. The number of nitrogens with one attached hydrogen (secondary N) is 1. The van der Waals surface area contributed by atoms with Crippen LogP contribution in [-0.4, -0.2) is 35.2 Å². The predicted octanol–water partition coefficient (Wildman–Crippen LogP) is 3.79. The highest BCUT2D eigenvalue weighted by atomic mass is 32.2. The van der Waals surface area contributed by atoms with Gasteiger partial charge in [0, 0.05) is 24.5 Å². The van der Waals surface area contributed by atoms with Crippen LogP contribution in [0.3, 0.4) is 0 Å². The van der Waals surface area contributed by atoms with E-state index < -0.39 is 0 Å². The number of amides is 1. The molecule has 1 amide bonds. The number of rotatable bonds is 4. The highest BCUT2D eigenvalue weighted by Gasteiger charge is 2.53. The number of benzene rings is 2. The molecule has 0 bridgehead atoms. The third-order valence-corrected chi connectivity index (χ3v) is 6.66. The van der Waals surface area contributed by atoms with Crippen molar-refractivity contribution < 1.29 is 4.79 Å². The molecular weight excluding hydrogens is 328 g/mol. The zero-order valence-corrected chi connectivity index (χ0v) is 15.4.